The number of ether oxygens (including phenoxy) is 2. The monoisotopic (exact) mass is 737 g/mol. The first-order chi connectivity index (χ1) is 25.0. The van der Waals surface area contributed by atoms with E-state index in [9.17, 15) is 28.0 Å². The minimum atomic E-state index is -4.09. The Bertz CT molecular complexity index is 1700. The summed E-state index contributed by atoms with van der Waals surface area (Å²) in [5, 5.41) is 17.9. The van der Waals surface area contributed by atoms with Gasteiger partial charge in [-0.25, -0.2) is 23.1 Å². The summed E-state index contributed by atoms with van der Waals surface area (Å²) >= 11 is 0. The number of methoxy groups -OCH3 is 2. The molecule has 4 atom stereocenters. The second-order valence-corrected chi connectivity index (χ2v) is 15.3. The highest BCUT2D eigenvalue weighted by Crippen LogP contribution is 2.29. The second kappa shape index (κ2) is 19.6. The van der Waals surface area contributed by atoms with Crippen molar-refractivity contribution in [1.29, 1.82) is 0 Å². The third-order valence-corrected chi connectivity index (χ3v) is 11.5. The van der Waals surface area contributed by atoms with Gasteiger partial charge in [0.25, 0.3) is 0 Å². The number of anilines is 1. The van der Waals surface area contributed by atoms with Crippen molar-refractivity contribution in [2.75, 3.05) is 32.2 Å². The first kappa shape index (κ1) is 40.5. The number of rotatable bonds is 19. The predicted molar refractivity (Wildman–Crippen MR) is 198 cm³/mol. The lowest BCUT2D eigenvalue weighted by atomic mass is 9.95. The second-order valence-electron chi connectivity index (χ2n) is 13.4. The summed E-state index contributed by atoms with van der Waals surface area (Å²) < 4.78 is 40.0. The number of amides is 2. The van der Waals surface area contributed by atoms with Gasteiger partial charge in [-0.05, 0) is 66.5 Å². The van der Waals surface area contributed by atoms with Gasteiger partial charge >= 0.3 is 6.09 Å². The molecule has 52 heavy (non-hydrogen) atoms. The molecule has 0 saturated heterocycles. The maximum Gasteiger partial charge on any atom is 0.415 e. The topological polar surface area (TPSA) is 168 Å². The van der Waals surface area contributed by atoms with Crippen molar-refractivity contribution in [3.8, 4) is 0 Å². The van der Waals surface area contributed by atoms with Gasteiger partial charge in [0.15, 0.2) is 0 Å². The molecule has 1 fully saturated rings. The van der Waals surface area contributed by atoms with Crippen molar-refractivity contribution in [3.63, 3.8) is 0 Å². The van der Waals surface area contributed by atoms with Crippen LogP contribution in [0.25, 0.3) is 0 Å². The van der Waals surface area contributed by atoms with E-state index in [0.717, 1.165) is 31.2 Å². The van der Waals surface area contributed by atoms with Gasteiger partial charge < -0.3 is 19.9 Å². The first-order valence-corrected chi connectivity index (χ1v) is 19.2. The molecular weight excluding hydrogens is 687 g/mol. The molecule has 0 aliphatic heterocycles. The molecule has 0 unspecified atom stereocenters. The number of aliphatic hydroxyl groups is 1. The van der Waals surface area contributed by atoms with E-state index in [1.807, 2.05) is 44.2 Å². The van der Waals surface area contributed by atoms with Gasteiger partial charge in [-0.3, -0.25) is 4.79 Å². The highest BCUT2D eigenvalue weighted by molar-refractivity contribution is 7.89. The SMILES string of the molecule is CC[C@H](C)[C@@H](C(=O)N[C@@H](Cc1ccccc1)[C@H](O)CN(CC1CCCC1)S(=O)(=O)c1ccc(CN=O)cc1)N(C(=O)OC)c1cccc(COC)n1. The van der Waals surface area contributed by atoms with Gasteiger partial charge in [0.05, 0.1) is 36.5 Å². The normalized spacial score (nSPS) is 15.8. The van der Waals surface area contributed by atoms with Crippen molar-refractivity contribution in [2.24, 2.45) is 17.0 Å². The van der Waals surface area contributed by atoms with Crippen LogP contribution in [0.4, 0.5) is 10.6 Å². The summed E-state index contributed by atoms with van der Waals surface area (Å²) in [7, 11) is -1.33. The molecule has 0 bridgehead atoms. The molecule has 3 aromatic rings. The molecule has 1 heterocycles. The lowest BCUT2D eigenvalue weighted by molar-refractivity contribution is -0.125. The van der Waals surface area contributed by atoms with E-state index in [1.165, 1.54) is 35.6 Å². The maximum atomic E-state index is 14.5. The molecule has 2 amide bonds. The van der Waals surface area contributed by atoms with Crippen LogP contribution in [0.5, 0.6) is 0 Å². The number of nitrogens with one attached hydrogen (secondary N) is 1. The quantitative estimate of drug-likeness (QED) is 0.152. The number of pyridine rings is 1. The molecule has 0 radical (unpaired) electrons. The van der Waals surface area contributed by atoms with Crippen molar-refractivity contribution in [1.82, 2.24) is 14.6 Å². The van der Waals surface area contributed by atoms with Crippen molar-refractivity contribution in [3.05, 3.63) is 94.5 Å². The Morgan fingerprint density at radius 3 is 2.31 bits per heavy atom. The van der Waals surface area contributed by atoms with Crippen LogP contribution < -0.4 is 10.2 Å². The minimum absolute atomic E-state index is 0.0322. The number of nitroso groups, excluding NO2 is 1. The van der Waals surface area contributed by atoms with Crippen molar-refractivity contribution < 1.29 is 32.6 Å². The molecule has 1 aliphatic rings. The summed E-state index contributed by atoms with van der Waals surface area (Å²) in [5.74, 6) is -0.611. The Kier molecular flexibility index (Phi) is 15.2. The van der Waals surface area contributed by atoms with E-state index >= 15 is 0 Å². The third kappa shape index (κ3) is 10.7. The van der Waals surface area contributed by atoms with Gasteiger partial charge in [0.1, 0.15) is 18.4 Å². The zero-order valence-electron chi connectivity index (χ0n) is 30.4. The van der Waals surface area contributed by atoms with E-state index in [4.69, 9.17) is 9.47 Å². The van der Waals surface area contributed by atoms with Gasteiger partial charge in [-0.2, -0.15) is 9.21 Å². The number of hydrogen-bond acceptors (Lipinski definition) is 10. The fourth-order valence-electron chi connectivity index (χ4n) is 6.63. The Morgan fingerprint density at radius 2 is 1.69 bits per heavy atom. The molecule has 2 aromatic carbocycles. The molecule has 13 nitrogen and oxygen atoms in total. The van der Waals surface area contributed by atoms with E-state index in [0.29, 0.717) is 17.7 Å². The van der Waals surface area contributed by atoms with E-state index < -0.39 is 40.2 Å². The highest BCUT2D eigenvalue weighted by Gasteiger charge is 2.39. The summed E-state index contributed by atoms with van der Waals surface area (Å²) in [4.78, 5) is 44.5. The number of carbonyl (C=O) groups excluding carboxylic acids is 2. The number of benzene rings is 2. The molecule has 1 saturated carbocycles. The van der Waals surface area contributed by atoms with Gasteiger partial charge in [0.2, 0.25) is 15.9 Å². The van der Waals surface area contributed by atoms with Crippen LogP contribution in [0.1, 0.15) is 62.8 Å². The lowest BCUT2D eigenvalue weighted by Crippen LogP contribution is -2.58. The number of carbonyl (C=O) groups is 2. The van der Waals surface area contributed by atoms with Crippen LogP contribution in [-0.2, 0) is 43.9 Å². The molecule has 282 valence electrons. The van der Waals surface area contributed by atoms with Crippen molar-refractivity contribution >= 4 is 27.8 Å². The number of aromatic nitrogens is 1. The van der Waals surface area contributed by atoms with Crippen molar-refractivity contribution in [2.45, 2.75) is 88.6 Å². The zero-order chi connectivity index (χ0) is 37.7. The Morgan fingerprint density at radius 1 is 1.00 bits per heavy atom. The number of aliphatic hydroxyl groups excluding tert-OH is 1. The maximum absolute atomic E-state index is 14.5. The van der Waals surface area contributed by atoms with Crippen LogP contribution >= 0.6 is 0 Å². The van der Waals surface area contributed by atoms with Gasteiger partial charge in [-0.15, -0.1) is 0 Å². The largest absolute Gasteiger partial charge is 0.452 e. The van der Waals surface area contributed by atoms with Crippen LogP contribution in [0.3, 0.4) is 0 Å². The van der Waals surface area contributed by atoms with Crippen LogP contribution in [0, 0.1) is 16.7 Å². The number of nitrogens with zero attached hydrogens (tertiary/aromatic N) is 4. The van der Waals surface area contributed by atoms with Gasteiger partial charge in [0, 0.05) is 20.2 Å². The van der Waals surface area contributed by atoms with E-state index in [-0.39, 0.29) is 55.2 Å². The molecule has 0 spiro atoms. The Balaban J connectivity index is 1.70. The average Bonchev–Trinajstić information content (AvgIpc) is 3.67. The fourth-order valence-corrected chi connectivity index (χ4v) is 8.16. The Hall–Kier alpha value is -4.24. The average molecular weight is 738 g/mol. The zero-order valence-corrected chi connectivity index (χ0v) is 31.2. The van der Waals surface area contributed by atoms with Crippen LogP contribution in [-0.4, -0.2) is 80.3 Å². The first-order valence-electron chi connectivity index (χ1n) is 17.7. The molecule has 1 aromatic heterocycles. The van der Waals surface area contributed by atoms with E-state index in [2.05, 4.69) is 15.5 Å². The summed E-state index contributed by atoms with van der Waals surface area (Å²) in [6.45, 7) is 3.77. The van der Waals surface area contributed by atoms with Crippen LogP contribution in [0.15, 0.2) is 82.9 Å². The summed E-state index contributed by atoms with van der Waals surface area (Å²) in [6, 6.07) is 18.3. The molecule has 4 rings (SSSR count). The Labute approximate surface area is 306 Å². The molecule has 2 N–H and O–H groups in total. The van der Waals surface area contributed by atoms with Crippen LogP contribution in [0.2, 0.25) is 0 Å². The molecule has 14 heteroatoms. The number of hydrogen-bond donors (Lipinski definition) is 2. The highest BCUT2D eigenvalue weighted by atomic mass is 32.2. The lowest BCUT2D eigenvalue weighted by Gasteiger charge is -2.35. The molecule has 1 aliphatic carbocycles. The molecular formula is C38H51N5O8S. The smallest absolute Gasteiger partial charge is 0.415 e. The minimum Gasteiger partial charge on any atom is -0.452 e. The summed E-state index contributed by atoms with van der Waals surface area (Å²) in [6.07, 6.45) is 2.31. The third-order valence-electron chi connectivity index (χ3n) is 9.66. The fraction of sp³-hybridized carbons (Fsp3) is 0.500. The van der Waals surface area contributed by atoms with E-state index in [1.54, 1.807) is 30.3 Å². The summed E-state index contributed by atoms with van der Waals surface area (Å²) in [5.41, 5.74) is 1.95. The predicted octanol–water partition coefficient (Wildman–Crippen LogP) is 5.45. The standard InChI is InChI=1S/C38H51N5O8S/c1-5-27(2)36(43(38(46)51-4)35-17-11-16-31(40-35)26-50-3)37(45)41-33(22-28-12-7-6-8-13-28)34(44)25-42(24-30-14-9-10-15-30)52(48,49)32-20-18-29(19-21-32)23-39-47/h6-8,11-13,16-21,27,30,33-34,36,44H,5,9-10,14-15,22-26H2,1-4H3,(H,41,45)/t27-,33-,34+,36-/m0/s1. The number of sulfonamides is 1. The van der Waals surface area contributed by atoms with Gasteiger partial charge in [-0.1, -0.05) is 86.8 Å².